The van der Waals surface area contributed by atoms with Gasteiger partial charge in [-0.3, -0.25) is 9.59 Å². The lowest BCUT2D eigenvalue weighted by Gasteiger charge is -2.30. The van der Waals surface area contributed by atoms with Crippen LogP contribution in [-0.4, -0.2) is 41.8 Å². The Hall–Kier alpha value is -3.71. The number of carbonyl (C=O) groups excluding carboxylic acids is 2. The first-order valence-corrected chi connectivity index (χ1v) is 11.9. The van der Waals surface area contributed by atoms with Gasteiger partial charge >= 0.3 is 0 Å². The second-order valence-electron chi connectivity index (χ2n) is 9.52. The molecule has 0 bridgehead atoms. The molecule has 3 heterocycles. The van der Waals surface area contributed by atoms with E-state index in [0.29, 0.717) is 13.0 Å². The smallest absolute Gasteiger partial charge is 0.252 e. The highest BCUT2D eigenvalue weighted by atomic mass is 16.3. The fourth-order valence-corrected chi connectivity index (χ4v) is 6.41. The van der Waals surface area contributed by atoms with Crippen LogP contribution in [0.3, 0.4) is 0 Å². The number of carbonyl (C=O) groups is 2. The lowest BCUT2D eigenvalue weighted by molar-refractivity contribution is -0.119. The van der Waals surface area contributed by atoms with Gasteiger partial charge in [-0.1, -0.05) is 42.5 Å². The van der Waals surface area contributed by atoms with E-state index in [9.17, 15) is 14.7 Å². The molecule has 0 saturated heterocycles. The van der Waals surface area contributed by atoms with Crippen molar-refractivity contribution in [2.45, 2.75) is 37.8 Å². The van der Waals surface area contributed by atoms with E-state index in [1.807, 2.05) is 6.07 Å². The van der Waals surface area contributed by atoms with Gasteiger partial charge in [0.25, 0.3) is 5.91 Å². The van der Waals surface area contributed by atoms with Gasteiger partial charge in [0.1, 0.15) is 0 Å². The number of aliphatic hydroxyl groups excluding tert-OH is 1. The van der Waals surface area contributed by atoms with Gasteiger partial charge in [-0.15, -0.1) is 0 Å². The maximum atomic E-state index is 13.1. The topological polar surface area (TPSA) is 94.0 Å². The van der Waals surface area contributed by atoms with Crippen LogP contribution < -0.4 is 15.6 Å². The van der Waals surface area contributed by atoms with Gasteiger partial charge in [-0.2, -0.15) is 5.10 Å². The summed E-state index contributed by atoms with van der Waals surface area (Å²) in [6.45, 7) is 1.39. The lowest BCUT2D eigenvalue weighted by atomic mass is 9.82. The first kappa shape index (κ1) is 19.7. The standard InChI is InChI=1S/C27H24N4O3/c32-9-3-8-31-21-7-6-15(20-12-22(33)30-29-20)11-17(21)24-19-13-28-27(34)25(19)23-16-5-2-1-4-14(16)10-18(23)26(24)31/h1-2,4-7,11,17,21,32H,3,8-10,12-13H2,(H,28,34)(H,30,33). The Kier molecular flexibility index (Phi) is 4.14. The molecule has 170 valence electrons. The minimum atomic E-state index is -0.0888. The van der Waals surface area contributed by atoms with Crippen molar-refractivity contribution in [1.29, 1.82) is 0 Å². The molecule has 2 amide bonds. The molecule has 3 N–H and O–H groups in total. The SMILES string of the molecule is O=C1CC(C2=CC3c4c5c(c6c(c4N(CCCO)C3C=C2)Cc2ccccc2-6)C(=O)NC5)=NN1. The van der Waals surface area contributed by atoms with E-state index in [2.05, 4.69) is 57.2 Å². The Morgan fingerprint density at radius 2 is 2.00 bits per heavy atom. The Morgan fingerprint density at radius 1 is 1.12 bits per heavy atom. The van der Waals surface area contributed by atoms with Gasteiger partial charge in [-0.25, -0.2) is 5.43 Å². The lowest BCUT2D eigenvalue weighted by Crippen LogP contribution is -2.35. The van der Waals surface area contributed by atoms with Crippen LogP contribution in [0, 0.1) is 0 Å². The van der Waals surface area contributed by atoms with Crippen molar-refractivity contribution < 1.29 is 14.7 Å². The van der Waals surface area contributed by atoms with E-state index < -0.39 is 0 Å². The Morgan fingerprint density at radius 3 is 2.82 bits per heavy atom. The number of aliphatic hydroxyl groups is 1. The first-order chi connectivity index (χ1) is 16.7. The molecule has 2 aromatic rings. The number of fused-ring (bicyclic) bond motifs is 10. The number of rotatable bonds is 4. The summed E-state index contributed by atoms with van der Waals surface area (Å²) in [5.74, 6) is -0.0294. The molecule has 0 aromatic heterocycles. The number of benzene rings is 2. The third-order valence-electron chi connectivity index (χ3n) is 7.74. The third-order valence-corrected chi connectivity index (χ3v) is 7.74. The van der Waals surface area contributed by atoms with Crippen LogP contribution in [0.4, 0.5) is 5.69 Å². The maximum Gasteiger partial charge on any atom is 0.252 e. The molecule has 2 aliphatic carbocycles. The number of anilines is 1. The number of amides is 2. The average Bonchev–Trinajstić information content (AvgIpc) is 3.60. The molecule has 2 atom stereocenters. The predicted molar refractivity (Wildman–Crippen MR) is 129 cm³/mol. The molecule has 0 saturated carbocycles. The monoisotopic (exact) mass is 452 g/mol. The number of allylic oxidation sites excluding steroid dienone is 2. The summed E-state index contributed by atoms with van der Waals surface area (Å²) in [6.07, 6.45) is 8.25. The van der Waals surface area contributed by atoms with Crippen molar-refractivity contribution in [3.63, 3.8) is 0 Å². The van der Waals surface area contributed by atoms with Gasteiger partial charge in [-0.05, 0) is 39.8 Å². The van der Waals surface area contributed by atoms with Crippen molar-refractivity contribution in [3.8, 4) is 11.1 Å². The van der Waals surface area contributed by atoms with Crippen LogP contribution in [0.2, 0.25) is 0 Å². The van der Waals surface area contributed by atoms with E-state index in [-0.39, 0.29) is 36.8 Å². The second-order valence-corrected chi connectivity index (χ2v) is 9.52. The van der Waals surface area contributed by atoms with Gasteiger partial charge < -0.3 is 15.3 Å². The third kappa shape index (κ3) is 2.58. The zero-order chi connectivity index (χ0) is 23.0. The van der Waals surface area contributed by atoms with Crippen molar-refractivity contribution in [2.24, 2.45) is 5.10 Å². The molecule has 3 aliphatic heterocycles. The number of nitrogens with one attached hydrogen (secondary N) is 2. The second kappa shape index (κ2) is 7.14. The summed E-state index contributed by atoms with van der Waals surface area (Å²) in [5, 5.41) is 17.0. The fraction of sp³-hybridized carbons (Fsp3) is 0.296. The summed E-state index contributed by atoms with van der Waals surface area (Å²) in [7, 11) is 0. The van der Waals surface area contributed by atoms with Gasteiger partial charge in [0.2, 0.25) is 5.91 Å². The molecule has 0 spiro atoms. The normalized spacial score (nSPS) is 23.0. The van der Waals surface area contributed by atoms with Crippen LogP contribution in [0.1, 0.15) is 51.4 Å². The van der Waals surface area contributed by atoms with Gasteiger partial charge in [0.15, 0.2) is 0 Å². The minimum Gasteiger partial charge on any atom is -0.396 e. The van der Waals surface area contributed by atoms with Crippen molar-refractivity contribution in [2.75, 3.05) is 18.1 Å². The molecule has 7 nitrogen and oxygen atoms in total. The summed E-state index contributed by atoms with van der Waals surface area (Å²) in [4.78, 5) is 27.3. The summed E-state index contributed by atoms with van der Waals surface area (Å²) < 4.78 is 0. The van der Waals surface area contributed by atoms with E-state index in [1.54, 1.807) is 0 Å². The maximum absolute atomic E-state index is 13.1. The first-order valence-electron chi connectivity index (χ1n) is 11.9. The predicted octanol–water partition coefficient (Wildman–Crippen LogP) is 2.53. The molecule has 0 fully saturated rings. The Bertz CT molecular complexity index is 1390. The zero-order valence-electron chi connectivity index (χ0n) is 18.6. The average molecular weight is 453 g/mol. The summed E-state index contributed by atoms with van der Waals surface area (Å²) in [5.41, 5.74) is 13.3. The molecular weight excluding hydrogens is 428 g/mol. The largest absolute Gasteiger partial charge is 0.396 e. The summed E-state index contributed by atoms with van der Waals surface area (Å²) in [6, 6.07) is 8.48. The highest BCUT2D eigenvalue weighted by molar-refractivity contribution is 6.15. The molecule has 7 rings (SSSR count). The van der Waals surface area contributed by atoms with Gasteiger partial charge in [0.05, 0.1) is 23.7 Å². The molecule has 7 heteroatoms. The highest BCUT2D eigenvalue weighted by Crippen LogP contribution is 2.56. The number of hydrazone groups is 1. The van der Waals surface area contributed by atoms with Crippen LogP contribution in [0.25, 0.3) is 11.1 Å². The van der Waals surface area contributed by atoms with Crippen LogP contribution in [-0.2, 0) is 17.8 Å². The number of hydrogen-bond acceptors (Lipinski definition) is 5. The molecule has 0 radical (unpaired) electrons. The molecule has 5 aliphatic rings. The van der Waals surface area contributed by atoms with Crippen LogP contribution in [0.5, 0.6) is 0 Å². The molecular formula is C27H24N4O3. The zero-order valence-corrected chi connectivity index (χ0v) is 18.6. The quantitative estimate of drug-likeness (QED) is 0.567. The van der Waals surface area contributed by atoms with Crippen molar-refractivity contribution in [1.82, 2.24) is 10.7 Å². The van der Waals surface area contributed by atoms with Crippen LogP contribution in [0.15, 0.2) is 53.2 Å². The van der Waals surface area contributed by atoms with Crippen LogP contribution >= 0.6 is 0 Å². The Labute approximate surface area is 196 Å². The number of nitrogens with zero attached hydrogens (tertiary/aromatic N) is 2. The Balaban J connectivity index is 1.46. The minimum absolute atomic E-state index is 0.00151. The molecule has 2 unspecified atom stereocenters. The van der Waals surface area contributed by atoms with Crippen molar-refractivity contribution >= 4 is 23.2 Å². The van der Waals surface area contributed by atoms with E-state index in [0.717, 1.165) is 46.5 Å². The molecule has 2 aromatic carbocycles. The highest BCUT2D eigenvalue weighted by Gasteiger charge is 2.46. The van der Waals surface area contributed by atoms with Crippen molar-refractivity contribution in [3.05, 3.63) is 75.9 Å². The fourth-order valence-electron chi connectivity index (χ4n) is 6.41. The van der Waals surface area contributed by atoms with E-state index >= 15 is 0 Å². The number of hydrogen-bond donors (Lipinski definition) is 3. The summed E-state index contributed by atoms with van der Waals surface area (Å²) >= 11 is 0. The molecule has 34 heavy (non-hydrogen) atoms. The van der Waals surface area contributed by atoms with E-state index in [4.69, 9.17) is 0 Å². The van der Waals surface area contributed by atoms with E-state index in [1.165, 1.54) is 22.4 Å². The van der Waals surface area contributed by atoms with Gasteiger partial charge in [0, 0.05) is 43.3 Å².